The molecule has 1 aromatic rings. The number of carbonyl (C=O) groups excluding carboxylic acids is 1. The van der Waals surface area contributed by atoms with Crippen LogP contribution in [0.4, 0.5) is 5.69 Å². The predicted octanol–water partition coefficient (Wildman–Crippen LogP) is 3.23. The minimum absolute atomic E-state index is 0.0519. The highest BCUT2D eigenvalue weighted by Crippen LogP contribution is 2.34. The van der Waals surface area contributed by atoms with Gasteiger partial charge in [-0.05, 0) is 24.5 Å². The number of benzene rings is 1. The van der Waals surface area contributed by atoms with Crippen molar-refractivity contribution in [2.45, 2.75) is 51.5 Å². The molecular formula is C18H26N2O. The van der Waals surface area contributed by atoms with Crippen LogP contribution in [0.15, 0.2) is 24.3 Å². The normalized spacial score (nSPS) is 21.2. The Hall–Kier alpha value is -1.51. The van der Waals surface area contributed by atoms with Gasteiger partial charge in [0.05, 0.1) is 0 Å². The molecular weight excluding hydrogens is 260 g/mol. The number of rotatable bonds is 5. The second-order valence-corrected chi connectivity index (χ2v) is 6.28. The van der Waals surface area contributed by atoms with Crippen molar-refractivity contribution in [3.63, 3.8) is 0 Å². The third kappa shape index (κ3) is 2.92. The van der Waals surface area contributed by atoms with Crippen LogP contribution in [0.1, 0.15) is 44.6 Å². The number of carbonyl (C=O) groups is 1. The molecule has 2 aliphatic rings. The molecule has 2 aliphatic heterocycles. The summed E-state index contributed by atoms with van der Waals surface area (Å²) in [5, 5.41) is 0. The van der Waals surface area contributed by atoms with Gasteiger partial charge in [-0.3, -0.25) is 4.79 Å². The van der Waals surface area contributed by atoms with Gasteiger partial charge in [-0.25, -0.2) is 0 Å². The first kappa shape index (κ1) is 14.4. The van der Waals surface area contributed by atoms with Crippen LogP contribution in [0, 0.1) is 0 Å². The SMILES string of the molecule is CCCCCCN1CCCN2c3ccccc3CC2C1=O. The van der Waals surface area contributed by atoms with Crippen LogP contribution >= 0.6 is 0 Å². The fraction of sp³-hybridized carbons (Fsp3) is 0.611. The Morgan fingerprint density at radius 1 is 1.14 bits per heavy atom. The summed E-state index contributed by atoms with van der Waals surface area (Å²) in [6.07, 6.45) is 6.90. The molecule has 1 saturated heterocycles. The van der Waals surface area contributed by atoms with Crippen molar-refractivity contribution in [2.75, 3.05) is 24.5 Å². The number of para-hydroxylation sites is 1. The van der Waals surface area contributed by atoms with Crippen molar-refractivity contribution in [1.82, 2.24) is 4.90 Å². The molecule has 3 nitrogen and oxygen atoms in total. The van der Waals surface area contributed by atoms with E-state index in [1.807, 2.05) is 0 Å². The third-order valence-corrected chi connectivity index (χ3v) is 4.80. The zero-order valence-corrected chi connectivity index (χ0v) is 13.1. The average Bonchev–Trinajstić information content (AvgIpc) is 2.80. The fourth-order valence-electron chi connectivity index (χ4n) is 3.65. The largest absolute Gasteiger partial charge is 0.359 e. The molecule has 0 aromatic heterocycles. The molecule has 1 amide bonds. The molecule has 3 rings (SSSR count). The summed E-state index contributed by atoms with van der Waals surface area (Å²) < 4.78 is 0. The van der Waals surface area contributed by atoms with E-state index < -0.39 is 0 Å². The Labute approximate surface area is 127 Å². The number of unbranched alkanes of at least 4 members (excludes halogenated alkanes) is 3. The molecule has 21 heavy (non-hydrogen) atoms. The van der Waals surface area contributed by atoms with Gasteiger partial charge < -0.3 is 9.80 Å². The van der Waals surface area contributed by atoms with E-state index in [9.17, 15) is 4.79 Å². The Balaban J connectivity index is 1.67. The first-order valence-corrected chi connectivity index (χ1v) is 8.44. The summed E-state index contributed by atoms with van der Waals surface area (Å²) in [7, 11) is 0. The van der Waals surface area contributed by atoms with Crippen LogP contribution < -0.4 is 4.90 Å². The van der Waals surface area contributed by atoms with Crippen LogP contribution in [-0.4, -0.2) is 36.5 Å². The molecule has 2 heterocycles. The molecule has 1 fully saturated rings. The topological polar surface area (TPSA) is 23.6 Å². The van der Waals surface area contributed by atoms with E-state index in [2.05, 4.69) is 41.0 Å². The molecule has 0 bridgehead atoms. The molecule has 1 aromatic carbocycles. The Morgan fingerprint density at radius 3 is 2.86 bits per heavy atom. The molecule has 3 heteroatoms. The lowest BCUT2D eigenvalue weighted by Gasteiger charge is -2.26. The van der Waals surface area contributed by atoms with Crippen LogP contribution in [0.3, 0.4) is 0 Å². The van der Waals surface area contributed by atoms with Crippen molar-refractivity contribution in [3.05, 3.63) is 29.8 Å². The molecule has 1 unspecified atom stereocenters. The van der Waals surface area contributed by atoms with Crippen molar-refractivity contribution in [2.24, 2.45) is 0 Å². The minimum atomic E-state index is 0.0519. The number of nitrogens with zero attached hydrogens (tertiary/aromatic N) is 2. The molecule has 1 atom stereocenters. The number of hydrogen-bond donors (Lipinski definition) is 0. The number of anilines is 1. The van der Waals surface area contributed by atoms with E-state index in [-0.39, 0.29) is 6.04 Å². The molecule has 114 valence electrons. The van der Waals surface area contributed by atoms with E-state index in [0.29, 0.717) is 5.91 Å². The van der Waals surface area contributed by atoms with E-state index in [1.165, 1.54) is 30.5 Å². The molecule has 0 spiro atoms. The van der Waals surface area contributed by atoms with Crippen molar-refractivity contribution in [1.29, 1.82) is 0 Å². The number of amides is 1. The maximum atomic E-state index is 12.8. The highest BCUT2D eigenvalue weighted by Gasteiger charge is 2.37. The summed E-state index contributed by atoms with van der Waals surface area (Å²) in [4.78, 5) is 17.3. The first-order valence-electron chi connectivity index (χ1n) is 8.44. The lowest BCUT2D eigenvalue weighted by Crippen LogP contribution is -2.44. The lowest BCUT2D eigenvalue weighted by atomic mass is 10.1. The van der Waals surface area contributed by atoms with Crippen molar-refractivity contribution in [3.8, 4) is 0 Å². The lowest BCUT2D eigenvalue weighted by molar-refractivity contribution is -0.132. The van der Waals surface area contributed by atoms with Gasteiger partial charge in [0.2, 0.25) is 5.91 Å². The Bertz CT molecular complexity index is 500. The maximum Gasteiger partial charge on any atom is 0.245 e. The summed E-state index contributed by atoms with van der Waals surface area (Å²) in [6.45, 7) is 5.11. The van der Waals surface area contributed by atoms with Crippen molar-refractivity contribution >= 4 is 11.6 Å². The Morgan fingerprint density at radius 2 is 2.00 bits per heavy atom. The van der Waals surface area contributed by atoms with Crippen LogP contribution in [-0.2, 0) is 11.2 Å². The van der Waals surface area contributed by atoms with Gasteiger partial charge >= 0.3 is 0 Å². The fourth-order valence-corrected chi connectivity index (χ4v) is 3.65. The summed E-state index contributed by atoms with van der Waals surface area (Å²) >= 11 is 0. The van der Waals surface area contributed by atoms with Gasteiger partial charge in [0.1, 0.15) is 6.04 Å². The quantitative estimate of drug-likeness (QED) is 0.776. The molecule has 0 radical (unpaired) electrons. The summed E-state index contributed by atoms with van der Waals surface area (Å²) in [5.41, 5.74) is 2.62. The highest BCUT2D eigenvalue weighted by atomic mass is 16.2. The molecule has 0 N–H and O–H groups in total. The van der Waals surface area contributed by atoms with Gasteiger partial charge in [-0.1, -0.05) is 44.4 Å². The van der Waals surface area contributed by atoms with E-state index in [4.69, 9.17) is 0 Å². The van der Waals surface area contributed by atoms with Gasteiger partial charge in [-0.15, -0.1) is 0 Å². The van der Waals surface area contributed by atoms with Gasteiger partial charge in [0.25, 0.3) is 0 Å². The second-order valence-electron chi connectivity index (χ2n) is 6.28. The maximum absolute atomic E-state index is 12.8. The van der Waals surface area contributed by atoms with Crippen molar-refractivity contribution < 1.29 is 4.79 Å². The number of fused-ring (bicyclic) bond motifs is 3. The van der Waals surface area contributed by atoms with Gasteiger partial charge in [0.15, 0.2) is 0 Å². The van der Waals surface area contributed by atoms with E-state index in [1.54, 1.807) is 0 Å². The second kappa shape index (κ2) is 6.50. The predicted molar refractivity (Wildman–Crippen MR) is 86.6 cm³/mol. The van der Waals surface area contributed by atoms with Gasteiger partial charge in [0, 0.05) is 31.7 Å². The molecule has 0 saturated carbocycles. The average molecular weight is 286 g/mol. The van der Waals surface area contributed by atoms with Crippen LogP contribution in [0.25, 0.3) is 0 Å². The number of hydrogen-bond acceptors (Lipinski definition) is 2. The summed E-state index contributed by atoms with van der Waals surface area (Å²) in [6, 6.07) is 8.55. The van der Waals surface area contributed by atoms with Crippen LogP contribution in [0.2, 0.25) is 0 Å². The summed E-state index contributed by atoms with van der Waals surface area (Å²) in [5.74, 6) is 0.347. The smallest absolute Gasteiger partial charge is 0.245 e. The third-order valence-electron chi connectivity index (χ3n) is 4.80. The van der Waals surface area contributed by atoms with E-state index >= 15 is 0 Å². The first-order chi connectivity index (χ1) is 10.3. The zero-order chi connectivity index (χ0) is 14.7. The zero-order valence-electron chi connectivity index (χ0n) is 13.1. The Kier molecular flexibility index (Phi) is 4.47. The standard InChI is InChI=1S/C18H26N2O/c1-2-3-4-7-11-19-12-8-13-20-16-10-6-5-9-15(16)14-17(20)18(19)21/h5-6,9-10,17H,2-4,7-8,11-14H2,1H3. The minimum Gasteiger partial charge on any atom is -0.359 e. The van der Waals surface area contributed by atoms with Gasteiger partial charge in [-0.2, -0.15) is 0 Å². The van der Waals surface area contributed by atoms with E-state index in [0.717, 1.165) is 38.9 Å². The van der Waals surface area contributed by atoms with Crippen LogP contribution in [0.5, 0.6) is 0 Å². The monoisotopic (exact) mass is 286 g/mol. The highest BCUT2D eigenvalue weighted by molar-refractivity contribution is 5.88. The molecule has 0 aliphatic carbocycles.